The lowest BCUT2D eigenvalue weighted by Crippen LogP contribution is -2.25. The maximum atomic E-state index is 13.4. The number of rotatable bonds is 10. The summed E-state index contributed by atoms with van der Waals surface area (Å²) in [4.78, 5) is 11.1. The zero-order valence-electron chi connectivity index (χ0n) is 19.5. The van der Waals surface area contributed by atoms with Gasteiger partial charge in [-0.3, -0.25) is 10.00 Å². The fraction of sp³-hybridized carbons (Fsp3) is 0.320. The summed E-state index contributed by atoms with van der Waals surface area (Å²) >= 11 is 0. The summed E-state index contributed by atoms with van der Waals surface area (Å²) in [7, 11) is 1.57. The van der Waals surface area contributed by atoms with Gasteiger partial charge in [0, 0.05) is 18.3 Å². The molecule has 0 amide bonds. The van der Waals surface area contributed by atoms with Crippen LogP contribution in [-0.4, -0.2) is 58.4 Å². The Morgan fingerprint density at radius 1 is 1.06 bits per heavy atom. The number of methoxy groups -OCH3 is 1. The van der Waals surface area contributed by atoms with Crippen LogP contribution >= 0.6 is 0 Å². The molecule has 1 saturated heterocycles. The van der Waals surface area contributed by atoms with E-state index in [0.29, 0.717) is 40.8 Å². The van der Waals surface area contributed by atoms with Crippen molar-refractivity contribution in [3.05, 3.63) is 60.2 Å². The average molecular weight is 479 g/mol. The van der Waals surface area contributed by atoms with E-state index in [1.54, 1.807) is 19.2 Å². The first-order valence-corrected chi connectivity index (χ1v) is 11.6. The fourth-order valence-electron chi connectivity index (χ4n) is 4.10. The topological polar surface area (TPSA) is 97.4 Å². The van der Waals surface area contributed by atoms with Crippen LogP contribution in [0.2, 0.25) is 0 Å². The standard InChI is InChI=1S/C25H27FN6O3/c1-33-21-14-19(7-8-20(21)35-15-17-5-4-6-18(26)13-17)29-23-22-24(28-16-27-23)30-31-25(22)34-12-11-32-9-2-3-10-32/h4-8,13-14,16H,2-3,9-12,15H2,1H3,(H2,27,28,29,30,31). The van der Waals surface area contributed by atoms with E-state index < -0.39 is 0 Å². The summed E-state index contributed by atoms with van der Waals surface area (Å²) in [5, 5.41) is 11.2. The second-order valence-electron chi connectivity index (χ2n) is 8.28. The molecule has 2 N–H and O–H groups in total. The molecule has 0 unspecified atom stereocenters. The van der Waals surface area contributed by atoms with E-state index in [0.717, 1.165) is 30.9 Å². The monoisotopic (exact) mass is 478 g/mol. The van der Waals surface area contributed by atoms with E-state index in [1.165, 1.54) is 31.3 Å². The number of hydrogen-bond acceptors (Lipinski definition) is 8. The number of aromatic amines is 1. The molecule has 0 atom stereocenters. The van der Waals surface area contributed by atoms with Gasteiger partial charge in [0.05, 0.1) is 7.11 Å². The van der Waals surface area contributed by atoms with E-state index in [1.807, 2.05) is 18.2 Å². The minimum atomic E-state index is -0.299. The number of ether oxygens (including phenoxy) is 3. The molecule has 1 aliphatic heterocycles. The first kappa shape index (κ1) is 22.9. The molecule has 0 radical (unpaired) electrons. The van der Waals surface area contributed by atoms with Crippen LogP contribution < -0.4 is 19.5 Å². The van der Waals surface area contributed by atoms with Gasteiger partial charge in [0.15, 0.2) is 17.1 Å². The quantitative estimate of drug-likeness (QED) is 0.348. The Bertz CT molecular complexity index is 1290. The van der Waals surface area contributed by atoms with Gasteiger partial charge < -0.3 is 19.5 Å². The Labute approximate surface area is 202 Å². The number of benzene rings is 2. The highest BCUT2D eigenvalue weighted by atomic mass is 19.1. The van der Waals surface area contributed by atoms with E-state index >= 15 is 0 Å². The SMILES string of the molecule is COc1cc(Nc2ncnc3[nH]nc(OCCN4CCCC4)c23)ccc1OCc1cccc(F)c1. The van der Waals surface area contributed by atoms with Crippen LogP contribution in [0.1, 0.15) is 18.4 Å². The van der Waals surface area contributed by atoms with Crippen molar-refractivity contribution in [1.29, 1.82) is 0 Å². The second-order valence-corrected chi connectivity index (χ2v) is 8.28. The highest BCUT2D eigenvalue weighted by molar-refractivity contribution is 5.93. The second kappa shape index (κ2) is 10.6. The van der Waals surface area contributed by atoms with Crippen LogP contribution in [0.5, 0.6) is 17.4 Å². The van der Waals surface area contributed by atoms with Crippen molar-refractivity contribution < 1.29 is 18.6 Å². The average Bonchev–Trinajstić information content (AvgIpc) is 3.54. The van der Waals surface area contributed by atoms with E-state index in [9.17, 15) is 4.39 Å². The van der Waals surface area contributed by atoms with Crippen LogP contribution in [-0.2, 0) is 6.61 Å². The molecule has 182 valence electrons. The van der Waals surface area contributed by atoms with Crippen molar-refractivity contribution in [2.24, 2.45) is 0 Å². The fourth-order valence-corrected chi connectivity index (χ4v) is 4.10. The van der Waals surface area contributed by atoms with Crippen molar-refractivity contribution in [3.63, 3.8) is 0 Å². The van der Waals surface area contributed by atoms with Gasteiger partial charge in [0.1, 0.15) is 36.6 Å². The zero-order valence-corrected chi connectivity index (χ0v) is 19.5. The number of likely N-dealkylation sites (tertiary alicyclic amines) is 1. The predicted octanol–water partition coefficient (Wildman–Crippen LogP) is 4.30. The molecule has 10 heteroatoms. The van der Waals surface area contributed by atoms with E-state index in [-0.39, 0.29) is 12.4 Å². The lowest BCUT2D eigenvalue weighted by molar-refractivity contribution is 0.233. The summed E-state index contributed by atoms with van der Waals surface area (Å²) in [5.74, 6) is 1.81. The summed E-state index contributed by atoms with van der Waals surface area (Å²) < 4.78 is 30.8. The third-order valence-corrected chi connectivity index (χ3v) is 5.88. The molecule has 2 aromatic carbocycles. The molecule has 0 bridgehead atoms. The number of fused-ring (bicyclic) bond motifs is 1. The highest BCUT2D eigenvalue weighted by Gasteiger charge is 2.17. The largest absolute Gasteiger partial charge is 0.493 e. The normalized spacial score (nSPS) is 13.8. The molecule has 5 rings (SSSR count). The van der Waals surface area contributed by atoms with E-state index in [2.05, 4.69) is 30.4 Å². The van der Waals surface area contributed by atoms with Crippen LogP contribution in [0.15, 0.2) is 48.8 Å². The molecule has 35 heavy (non-hydrogen) atoms. The van der Waals surface area contributed by atoms with Gasteiger partial charge in [-0.15, -0.1) is 5.10 Å². The number of halogens is 1. The van der Waals surface area contributed by atoms with Crippen LogP contribution in [0, 0.1) is 5.82 Å². The molecule has 4 aromatic rings. The molecule has 9 nitrogen and oxygen atoms in total. The maximum absolute atomic E-state index is 13.4. The van der Waals surface area contributed by atoms with Gasteiger partial charge in [-0.25, -0.2) is 14.4 Å². The maximum Gasteiger partial charge on any atom is 0.246 e. The smallest absolute Gasteiger partial charge is 0.246 e. The number of nitrogens with one attached hydrogen (secondary N) is 2. The molecule has 0 aliphatic carbocycles. The molecule has 1 fully saturated rings. The van der Waals surface area contributed by atoms with Gasteiger partial charge in [-0.05, 0) is 55.8 Å². The summed E-state index contributed by atoms with van der Waals surface area (Å²) in [6.45, 7) is 3.86. The molecule has 2 aromatic heterocycles. The Hall–Kier alpha value is -3.92. The lowest BCUT2D eigenvalue weighted by atomic mass is 10.2. The number of aromatic nitrogens is 4. The van der Waals surface area contributed by atoms with Gasteiger partial charge in [-0.1, -0.05) is 12.1 Å². The summed E-state index contributed by atoms with van der Waals surface area (Å²) in [6.07, 6.45) is 3.95. The van der Waals surface area contributed by atoms with Gasteiger partial charge >= 0.3 is 0 Å². The number of hydrogen-bond donors (Lipinski definition) is 2. The van der Waals surface area contributed by atoms with Crippen molar-refractivity contribution in [2.45, 2.75) is 19.4 Å². The van der Waals surface area contributed by atoms with Crippen molar-refractivity contribution >= 4 is 22.5 Å². The Morgan fingerprint density at radius 2 is 1.94 bits per heavy atom. The third kappa shape index (κ3) is 5.43. The zero-order chi connectivity index (χ0) is 24.0. The van der Waals surface area contributed by atoms with Gasteiger partial charge in [-0.2, -0.15) is 0 Å². The Balaban J connectivity index is 1.30. The van der Waals surface area contributed by atoms with Gasteiger partial charge in [0.2, 0.25) is 5.88 Å². The first-order chi connectivity index (χ1) is 17.2. The lowest BCUT2D eigenvalue weighted by Gasteiger charge is -2.15. The van der Waals surface area contributed by atoms with Crippen molar-refractivity contribution in [1.82, 2.24) is 25.1 Å². The molecule has 3 heterocycles. The first-order valence-electron chi connectivity index (χ1n) is 11.6. The minimum Gasteiger partial charge on any atom is -0.493 e. The predicted molar refractivity (Wildman–Crippen MR) is 130 cm³/mol. The molecular weight excluding hydrogens is 451 g/mol. The Kier molecular flexibility index (Phi) is 6.89. The molecule has 0 spiro atoms. The van der Waals surface area contributed by atoms with Crippen LogP contribution in [0.25, 0.3) is 11.0 Å². The molecule has 0 saturated carbocycles. The molecular formula is C25H27FN6O3. The van der Waals surface area contributed by atoms with Crippen molar-refractivity contribution in [2.75, 3.05) is 38.7 Å². The van der Waals surface area contributed by atoms with Gasteiger partial charge in [0.25, 0.3) is 0 Å². The highest BCUT2D eigenvalue weighted by Crippen LogP contribution is 2.34. The van der Waals surface area contributed by atoms with Crippen molar-refractivity contribution in [3.8, 4) is 17.4 Å². The number of H-pyrrole nitrogens is 1. The molecule has 1 aliphatic rings. The van der Waals surface area contributed by atoms with Crippen LogP contribution in [0.4, 0.5) is 15.9 Å². The Morgan fingerprint density at radius 3 is 2.77 bits per heavy atom. The number of nitrogens with zero attached hydrogens (tertiary/aromatic N) is 4. The van der Waals surface area contributed by atoms with E-state index in [4.69, 9.17) is 14.2 Å². The third-order valence-electron chi connectivity index (χ3n) is 5.88. The number of anilines is 2. The minimum absolute atomic E-state index is 0.223. The summed E-state index contributed by atoms with van der Waals surface area (Å²) in [6, 6.07) is 11.8. The van der Waals surface area contributed by atoms with Crippen LogP contribution in [0.3, 0.4) is 0 Å². The summed E-state index contributed by atoms with van der Waals surface area (Å²) in [5.41, 5.74) is 2.06.